The highest BCUT2D eigenvalue weighted by Crippen LogP contribution is 2.20. The molecule has 0 saturated heterocycles. The van der Waals surface area contributed by atoms with Crippen molar-refractivity contribution < 1.29 is 9.53 Å². The van der Waals surface area contributed by atoms with Crippen LogP contribution in [0.1, 0.15) is 21.6 Å². The highest BCUT2D eigenvalue weighted by Gasteiger charge is 2.10. The fourth-order valence-corrected chi connectivity index (χ4v) is 2.65. The first-order valence-corrected chi connectivity index (χ1v) is 8.69. The number of methoxy groups -OCH3 is 1. The fraction of sp³-hybridized carbons (Fsp3) is 0.150. The van der Waals surface area contributed by atoms with E-state index in [1.807, 2.05) is 31.2 Å². The molecule has 0 saturated carbocycles. The van der Waals surface area contributed by atoms with Gasteiger partial charge in [-0.1, -0.05) is 23.7 Å². The SMILES string of the molecule is COc1ccc(CNc2cnc(C(=O)Nc3ccc(Cl)cc3C)cn2)cc1. The molecule has 1 heterocycles. The van der Waals surface area contributed by atoms with Crippen molar-refractivity contribution in [2.24, 2.45) is 0 Å². The summed E-state index contributed by atoms with van der Waals surface area (Å²) in [7, 11) is 1.63. The van der Waals surface area contributed by atoms with Crippen molar-refractivity contribution in [2.45, 2.75) is 13.5 Å². The average molecular weight is 383 g/mol. The molecule has 3 rings (SSSR count). The third-order valence-corrected chi connectivity index (χ3v) is 4.19. The van der Waals surface area contributed by atoms with Crippen LogP contribution in [0, 0.1) is 6.92 Å². The monoisotopic (exact) mass is 382 g/mol. The van der Waals surface area contributed by atoms with Gasteiger partial charge in [-0.3, -0.25) is 4.79 Å². The molecule has 0 aliphatic rings. The minimum absolute atomic E-state index is 0.236. The molecule has 27 heavy (non-hydrogen) atoms. The Morgan fingerprint density at radius 2 is 1.89 bits per heavy atom. The van der Waals surface area contributed by atoms with Crippen molar-refractivity contribution in [1.29, 1.82) is 0 Å². The van der Waals surface area contributed by atoms with Crippen molar-refractivity contribution in [3.05, 3.63) is 76.7 Å². The number of amides is 1. The maximum Gasteiger partial charge on any atom is 0.275 e. The van der Waals surface area contributed by atoms with E-state index in [0.717, 1.165) is 16.9 Å². The lowest BCUT2D eigenvalue weighted by molar-refractivity contribution is 0.102. The number of hydrogen-bond donors (Lipinski definition) is 2. The largest absolute Gasteiger partial charge is 0.497 e. The van der Waals surface area contributed by atoms with Crippen LogP contribution in [0.15, 0.2) is 54.9 Å². The predicted octanol–water partition coefficient (Wildman–Crippen LogP) is 4.31. The van der Waals surface area contributed by atoms with Crippen LogP contribution in [0.5, 0.6) is 5.75 Å². The fourth-order valence-electron chi connectivity index (χ4n) is 2.43. The number of halogens is 1. The molecular weight excluding hydrogens is 364 g/mol. The molecule has 6 nitrogen and oxygen atoms in total. The Hall–Kier alpha value is -3.12. The third kappa shape index (κ3) is 4.95. The quantitative estimate of drug-likeness (QED) is 0.664. The van der Waals surface area contributed by atoms with E-state index in [4.69, 9.17) is 16.3 Å². The first-order valence-electron chi connectivity index (χ1n) is 8.31. The van der Waals surface area contributed by atoms with Gasteiger partial charge in [-0.25, -0.2) is 9.97 Å². The van der Waals surface area contributed by atoms with Gasteiger partial charge in [0.25, 0.3) is 5.91 Å². The van der Waals surface area contributed by atoms with Crippen molar-refractivity contribution in [1.82, 2.24) is 9.97 Å². The molecule has 0 radical (unpaired) electrons. The standard InChI is InChI=1S/C20H19ClN4O2/c1-13-9-15(21)5-8-17(13)25-20(26)18-11-24-19(12-22-18)23-10-14-3-6-16(27-2)7-4-14/h3-9,11-12H,10H2,1-2H3,(H,23,24)(H,25,26). The molecule has 1 amide bonds. The van der Waals surface area contributed by atoms with E-state index in [0.29, 0.717) is 23.1 Å². The number of benzene rings is 2. The van der Waals surface area contributed by atoms with E-state index in [1.54, 1.807) is 25.3 Å². The number of nitrogens with one attached hydrogen (secondary N) is 2. The first kappa shape index (κ1) is 18.7. The molecule has 0 aliphatic heterocycles. The lowest BCUT2D eigenvalue weighted by atomic mass is 10.2. The molecule has 0 atom stereocenters. The molecule has 2 N–H and O–H groups in total. The average Bonchev–Trinajstić information content (AvgIpc) is 2.69. The van der Waals surface area contributed by atoms with Crippen LogP contribution in [0.3, 0.4) is 0 Å². The zero-order chi connectivity index (χ0) is 19.2. The molecule has 2 aromatic carbocycles. The lowest BCUT2D eigenvalue weighted by Gasteiger charge is -2.09. The zero-order valence-corrected chi connectivity index (χ0v) is 15.7. The van der Waals surface area contributed by atoms with Gasteiger partial charge in [0.05, 0.1) is 19.5 Å². The van der Waals surface area contributed by atoms with E-state index in [9.17, 15) is 4.79 Å². The van der Waals surface area contributed by atoms with Gasteiger partial charge in [-0.2, -0.15) is 0 Å². The Morgan fingerprint density at radius 3 is 2.52 bits per heavy atom. The molecule has 0 aliphatic carbocycles. The van der Waals surface area contributed by atoms with E-state index in [-0.39, 0.29) is 11.6 Å². The highest BCUT2D eigenvalue weighted by atomic mass is 35.5. The number of ether oxygens (including phenoxy) is 1. The third-order valence-electron chi connectivity index (χ3n) is 3.95. The summed E-state index contributed by atoms with van der Waals surface area (Å²) in [6.45, 7) is 2.47. The van der Waals surface area contributed by atoms with Crippen LogP contribution in [0.25, 0.3) is 0 Å². The minimum Gasteiger partial charge on any atom is -0.497 e. The Balaban J connectivity index is 1.59. The summed E-state index contributed by atoms with van der Waals surface area (Å²) >= 11 is 5.93. The summed E-state index contributed by atoms with van der Waals surface area (Å²) in [5.41, 5.74) is 2.88. The number of carbonyl (C=O) groups is 1. The van der Waals surface area contributed by atoms with E-state index < -0.39 is 0 Å². The molecule has 138 valence electrons. The summed E-state index contributed by atoms with van der Waals surface area (Å²) in [6, 6.07) is 13.0. The molecule has 7 heteroatoms. The molecule has 0 fully saturated rings. The van der Waals surface area contributed by atoms with Gasteiger partial charge in [-0.05, 0) is 48.4 Å². The number of nitrogens with zero attached hydrogens (tertiary/aromatic N) is 2. The molecule has 1 aromatic heterocycles. The number of hydrogen-bond acceptors (Lipinski definition) is 5. The second-order valence-electron chi connectivity index (χ2n) is 5.90. The smallest absolute Gasteiger partial charge is 0.275 e. The summed E-state index contributed by atoms with van der Waals surface area (Å²) in [5.74, 6) is 1.07. The number of aryl methyl sites for hydroxylation is 1. The molecule has 0 spiro atoms. The molecule has 0 unspecified atom stereocenters. The second kappa shape index (κ2) is 8.51. The number of carbonyl (C=O) groups excluding carboxylic acids is 1. The molecule has 0 bridgehead atoms. The van der Waals surface area contributed by atoms with Crippen molar-refractivity contribution >= 4 is 29.0 Å². The minimum atomic E-state index is -0.324. The van der Waals surface area contributed by atoms with Crippen LogP contribution >= 0.6 is 11.6 Å². The zero-order valence-electron chi connectivity index (χ0n) is 15.0. The Bertz CT molecular complexity index is 928. The van der Waals surface area contributed by atoms with Gasteiger partial charge < -0.3 is 15.4 Å². The van der Waals surface area contributed by atoms with Gasteiger partial charge in [0.1, 0.15) is 17.3 Å². The maximum atomic E-state index is 12.3. The van der Waals surface area contributed by atoms with Crippen molar-refractivity contribution in [2.75, 3.05) is 17.7 Å². The first-order chi connectivity index (χ1) is 13.0. The van der Waals surface area contributed by atoms with Gasteiger partial charge in [0, 0.05) is 17.3 Å². The van der Waals surface area contributed by atoms with Crippen molar-refractivity contribution in [3.63, 3.8) is 0 Å². The molecule has 3 aromatic rings. The second-order valence-corrected chi connectivity index (χ2v) is 6.34. The number of rotatable bonds is 6. The Morgan fingerprint density at radius 1 is 1.11 bits per heavy atom. The van der Waals surface area contributed by atoms with Gasteiger partial charge in [-0.15, -0.1) is 0 Å². The molecular formula is C20H19ClN4O2. The Labute approximate surface area is 162 Å². The predicted molar refractivity (Wildman–Crippen MR) is 106 cm³/mol. The van der Waals surface area contributed by atoms with Crippen LogP contribution in [0.2, 0.25) is 5.02 Å². The lowest BCUT2D eigenvalue weighted by Crippen LogP contribution is -2.15. The maximum absolute atomic E-state index is 12.3. The van der Waals surface area contributed by atoms with E-state index in [1.165, 1.54) is 12.4 Å². The Kier molecular flexibility index (Phi) is 5.88. The van der Waals surface area contributed by atoms with Crippen LogP contribution in [-0.2, 0) is 6.54 Å². The van der Waals surface area contributed by atoms with Crippen LogP contribution < -0.4 is 15.4 Å². The number of aromatic nitrogens is 2. The summed E-state index contributed by atoms with van der Waals surface area (Å²) in [6.07, 6.45) is 2.98. The van der Waals surface area contributed by atoms with Crippen LogP contribution in [-0.4, -0.2) is 23.0 Å². The summed E-state index contributed by atoms with van der Waals surface area (Å²) in [5, 5.41) is 6.60. The van der Waals surface area contributed by atoms with Gasteiger partial charge in [0.2, 0.25) is 0 Å². The van der Waals surface area contributed by atoms with Crippen molar-refractivity contribution in [3.8, 4) is 5.75 Å². The van der Waals surface area contributed by atoms with E-state index >= 15 is 0 Å². The highest BCUT2D eigenvalue weighted by molar-refractivity contribution is 6.30. The number of anilines is 2. The summed E-state index contributed by atoms with van der Waals surface area (Å²) in [4.78, 5) is 20.7. The van der Waals surface area contributed by atoms with Gasteiger partial charge >= 0.3 is 0 Å². The topological polar surface area (TPSA) is 76.1 Å². The van der Waals surface area contributed by atoms with Crippen LogP contribution in [0.4, 0.5) is 11.5 Å². The van der Waals surface area contributed by atoms with E-state index in [2.05, 4.69) is 20.6 Å². The van der Waals surface area contributed by atoms with Gasteiger partial charge in [0.15, 0.2) is 0 Å². The summed E-state index contributed by atoms with van der Waals surface area (Å²) < 4.78 is 5.14. The normalized spacial score (nSPS) is 10.3.